The Balaban J connectivity index is 1.79. The van der Waals surface area contributed by atoms with Crippen LogP contribution in [0.25, 0.3) is 10.8 Å². The SMILES string of the molecule is CC(C)(C)C#Cc1ccc2cc(C(=O)NC3CCCNC3=O)ccc2c1. The molecule has 0 aliphatic carbocycles. The van der Waals surface area contributed by atoms with Gasteiger partial charge in [0.1, 0.15) is 6.04 Å². The van der Waals surface area contributed by atoms with Crippen LogP contribution in [0, 0.1) is 17.3 Å². The maximum Gasteiger partial charge on any atom is 0.251 e. The van der Waals surface area contributed by atoms with Crippen molar-refractivity contribution in [3.63, 3.8) is 0 Å². The van der Waals surface area contributed by atoms with Gasteiger partial charge in [0, 0.05) is 23.1 Å². The average Bonchev–Trinajstić information content (AvgIpc) is 2.60. The van der Waals surface area contributed by atoms with E-state index in [0.29, 0.717) is 18.5 Å². The van der Waals surface area contributed by atoms with E-state index in [2.05, 4.69) is 43.2 Å². The molecule has 3 rings (SSSR count). The van der Waals surface area contributed by atoms with Gasteiger partial charge in [-0.1, -0.05) is 24.0 Å². The van der Waals surface area contributed by atoms with Crippen molar-refractivity contribution < 1.29 is 9.59 Å². The van der Waals surface area contributed by atoms with E-state index in [1.54, 1.807) is 6.07 Å². The number of rotatable bonds is 2. The summed E-state index contributed by atoms with van der Waals surface area (Å²) < 4.78 is 0. The molecular formula is C22H24N2O2. The Morgan fingerprint density at radius 2 is 1.88 bits per heavy atom. The van der Waals surface area contributed by atoms with Crippen molar-refractivity contribution in [2.24, 2.45) is 5.41 Å². The molecule has 4 heteroatoms. The van der Waals surface area contributed by atoms with Crippen LogP contribution in [0.2, 0.25) is 0 Å². The minimum absolute atomic E-state index is 0.0394. The lowest BCUT2D eigenvalue weighted by Crippen LogP contribution is -2.50. The third-order valence-corrected chi connectivity index (χ3v) is 4.27. The summed E-state index contributed by atoms with van der Waals surface area (Å²) in [7, 11) is 0. The molecule has 4 nitrogen and oxygen atoms in total. The first-order valence-corrected chi connectivity index (χ1v) is 8.97. The van der Waals surface area contributed by atoms with Crippen LogP contribution in [0.15, 0.2) is 36.4 Å². The molecule has 2 amide bonds. The molecule has 26 heavy (non-hydrogen) atoms. The molecule has 1 saturated heterocycles. The summed E-state index contributed by atoms with van der Waals surface area (Å²) in [5.41, 5.74) is 1.48. The zero-order valence-electron chi connectivity index (χ0n) is 15.5. The number of piperidine rings is 1. The van der Waals surface area contributed by atoms with E-state index in [-0.39, 0.29) is 17.2 Å². The quantitative estimate of drug-likeness (QED) is 0.819. The lowest BCUT2D eigenvalue weighted by atomic mass is 9.97. The fourth-order valence-electron chi connectivity index (χ4n) is 2.88. The van der Waals surface area contributed by atoms with E-state index < -0.39 is 6.04 Å². The predicted octanol–water partition coefficient (Wildman–Crippen LogP) is 3.25. The summed E-state index contributed by atoms with van der Waals surface area (Å²) in [4.78, 5) is 24.3. The molecule has 0 aromatic heterocycles. The number of carbonyl (C=O) groups excluding carboxylic acids is 2. The van der Waals surface area contributed by atoms with E-state index in [1.165, 1.54) is 0 Å². The second kappa shape index (κ2) is 7.21. The van der Waals surface area contributed by atoms with Gasteiger partial charge >= 0.3 is 0 Å². The van der Waals surface area contributed by atoms with E-state index in [4.69, 9.17) is 0 Å². The summed E-state index contributed by atoms with van der Waals surface area (Å²) in [6.45, 7) is 6.93. The highest BCUT2D eigenvalue weighted by atomic mass is 16.2. The molecule has 2 aromatic carbocycles. The van der Waals surface area contributed by atoms with Crippen molar-refractivity contribution in [3.05, 3.63) is 47.5 Å². The molecule has 0 radical (unpaired) electrons. The highest BCUT2D eigenvalue weighted by molar-refractivity contribution is 6.01. The van der Waals surface area contributed by atoms with E-state index in [9.17, 15) is 9.59 Å². The molecule has 2 aromatic rings. The van der Waals surface area contributed by atoms with Crippen LogP contribution in [-0.4, -0.2) is 24.4 Å². The van der Waals surface area contributed by atoms with Crippen LogP contribution in [0.1, 0.15) is 49.5 Å². The summed E-state index contributed by atoms with van der Waals surface area (Å²) in [6.07, 6.45) is 1.56. The number of benzene rings is 2. The largest absolute Gasteiger partial charge is 0.354 e. The number of hydrogen-bond donors (Lipinski definition) is 2. The van der Waals surface area contributed by atoms with E-state index in [1.807, 2.05) is 30.3 Å². The van der Waals surface area contributed by atoms with Gasteiger partial charge in [0.15, 0.2) is 0 Å². The number of amides is 2. The average molecular weight is 348 g/mol. The Hall–Kier alpha value is -2.80. The zero-order chi connectivity index (χ0) is 18.7. The Kier molecular flexibility index (Phi) is 4.99. The van der Waals surface area contributed by atoms with Crippen molar-refractivity contribution in [2.75, 3.05) is 6.54 Å². The maximum absolute atomic E-state index is 12.5. The van der Waals surface area contributed by atoms with Gasteiger partial charge in [0.05, 0.1) is 0 Å². The third-order valence-electron chi connectivity index (χ3n) is 4.27. The Labute approximate surface area is 154 Å². The van der Waals surface area contributed by atoms with Gasteiger partial charge in [-0.05, 0) is 68.7 Å². The van der Waals surface area contributed by atoms with Gasteiger partial charge in [0.25, 0.3) is 5.91 Å². The van der Waals surface area contributed by atoms with Crippen molar-refractivity contribution in [1.29, 1.82) is 0 Å². The van der Waals surface area contributed by atoms with Gasteiger partial charge < -0.3 is 10.6 Å². The monoisotopic (exact) mass is 348 g/mol. The summed E-state index contributed by atoms with van der Waals surface area (Å²) >= 11 is 0. The van der Waals surface area contributed by atoms with Gasteiger partial charge in [-0.25, -0.2) is 0 Å². The number of hydrogen-bond acceptors (Lipinski definition) is 2. The fraction of sp³-hybridized carbons (Fsp3) is 0.364. The summed E-state index contributed by atoms with van der Waals surface area (Å²) in [5.74, 6) is 6.11. The topological polar surface area (TPSA) is 58.2 Å². The molecule has 1 unspecified atom stereocenters. The second-order valence-corrected chi connectivity index (χ2v) is 7.74. The van der Waals surface area contributed by atoms with Gasteiger partial charge in [0.2, 0.25) is 5.91 Å². The maximum atomic E-state index is 12.5. The number of carbonyl (C=O) groups is 2. The minimum Gasteiger partial charge on any atom is -0.354 e. The highest BCUT2D eigenvalue weighted by Gasteiger charge is 2.24. The van der Waals surface area contributed by atoms with Crippen molar-refractivity contribution in [3.8, 4) is 11.8 Å². The van der Waals surface area contributed by atoms with Crippen LogP contribution in [0.4, 0.5) is 0 Å². The lowest BCUT2D eigenvalue weighted by Gasteiger charge is -2.22. The van der Waals surface area contributed by atoms with E-state index >= 15 is 0 Å². The van der Waals surface area contributed by atoms with Crippen LogP contribution in [0.5, 0.6) is 0 Å². The van der Waals surface area contributed by atoms with Crippen molar-refractivity contribution >= 4 is 22.6 Å². The Bertz CT molecular complexity index is 913. The van der Waals surface area contributed by atoms with Crippen molar-refractivity contribution in [2.45, 2.75) is 39.7 Å². The highest BCUT2D eigenvalue weighted by Crippen LogP contribution is 2.19. The normalized spacial score (nSPS) is 17.2. The first kappa shape index (κ1) is 18.0. The molecule has 1 aliphatic heterocycles. The minimum atomic E-state index is -0.443. The smallest absolute Gasteiger partial charge is 0.251 e. The molecule has 0 spiro atoms. The molecule has 1 heterocycles. The molecule has 134 valence electrons. The number of fused-ring (bicyclic) bond motifs is 1. The number of nitrogens with one attached hydrogen (secondary N) is 2. The lowest BCUT2D eigenvalue weighted by molar-refractivity contribution is -0.124. The van der Waals surface area contributed by atoms with Crippen LogP contribution in [0.3, 0.4) is 0 Å². The van der Waals surface area contributed by atoms with E-state index in [0.717, 1.165) is 22.8 Å². The summed E-state index contributed by atoms with van der Waals surface area (Å²) in [5, 5.41) is 7.62. The first-order valence-electron chi connectivity index (χ1n) is 8.97. The predicted molar refractivity (Wildman–Crippen MR) is 104 cm³/mol. The van der Waals surface area contributed by atoms with Crippen LogP contribution in [-0.2, 0) is 4.79 Å². The zero-order valence-corrected chi connectivity index (χ0v) is 15.5. The standard InChI is InChI=1S/C22H24N2O2/c1-22(2,3)11-10-15-6-7-17-14-18(9-8-16(17)13-15)20(25)24-19-5-4-12-23-21(19)26/h6-9,13-14,19H,4-5,12H2,1-3H3,(H,23,26)(H,24,25). The van der Waals surface area contributed by atoms with Crippen LogP contribution >= 0.6 is 0 Å². The molecule has 0 bridgehead atoms. The first-order chi connectivity index (χ1) is 12.3. The second-order valence-electron chi connectivity index (χ2n) is 7.74. The molecule has 1 aliphatic rings. The van der Waals surface area contributed by atoms with Gasteiger partial charge in [-0.2, -0.15) is 0 Å². The molecule has 0 saturated carbocycles. The molecule has 2 N–H and O–H groups in total. The molecule has 1 fully saturated rings. The fourth-order valence-corrected chi connectivity index (χ4v) is 2.88. The third kappa shape index (κ3) is 4.43. The molecule has 1 atom stereocenters. The Morgan fingerprint density at radius 1 is 1.15 bits per heavy atom. The van der Waals surface area contributed by atoms with Gasteiger partial charge in [-0.3, -0.25) is 9.59 Å². The van der Waals surface area contributed by atoms with Gasteiger partial charge in [-0.15, -0.1) is 0 Å². The van der Waals surface area contributed by atoms with Crippen LogP contribution < -0.4 is 10.6 Å². The summed E-state index contributed by atoms with van der Waals surface area (Å²) in [6, 6.07) is 11.1. The van der Waals surface area contributed by atoms with Crippen molar-refractivity contribution in [1.82, 2.24) is 10.6 Å². The Morgan fingerprint density at radius 3 is 2.62 bits per heavy atom. The molecular weight excluding hydrogens is 324 g/mol.